The Morgan fingerprint density at radius 2 is 2.11 bits per heavy atom. The van der Waals surface area contributed by atoms with Crippen LogP contribution >= 0.6 is 23.2 Å². The van der Waals surface area contributed by atoms with Gasteiger partial charge in [-0.2, -0.15) is 0 Å². The monoisotopic (exact) mass is 309 g/mol. The molecule has 5 nitrogen and oxygen atoms in total. The van der Waals surface area contributed by atoms with E-state index in [4.69, 9.17) is 33.0 Å². The zero-order chi connectivity index (χ0) is 14.4. The van der Waals surface area contributed by atoms with Gasteiger partial charge in [-0.25, -0.2) is 9.18 Å². The highest BCUT2D eigenvalue weighted by molar-refractivity contribution is 6.34. The summed E-state index contributed by atoms with van der Waals surface area (Å²) in [4.78, 5) is 21.8. The van der Waals surface area contributed by atoms with Crippen LogP contribution in [0.25, 0.3) is 0 Å². The van der Waals surface area contributed by atoms with Crippen molar-refractivity contribution < 1.29 is 23.8 Å². The second kappa shape index (κ2) is 7.16. The van der Waals surface area contributed by atoms with Crippen molar-refractivity contribution >= 4 is 35.1 Å². The minimum absolute atomic E-state index is 0.177. The van der Waals surface area contributed by atoms with E-state index in [1.165, 1.54) is 12.1 Å². The van der Waals surface area contributed by atoms with Crippen LogP contribution in [0.5, 0.6) is 5.75 Å². The summed E-state index contributed by atoms with van der Waals surface area (Å²) in [6.45, 7) is -1.71. The number of rotatable bonds is 6. The van der Waals surface area contributed by atoms with E-state index in [-0.39, 0.29) is 10.8 Å². The van der Waals surface area contributed by atoms with E-state index >= 15 is 0 Å². The van der Waals surface area contributed by atoms with E-state index in [0.717, 1.165) is 0 Å². The maximum absolute atomic E-state index is 12.3. The lowest BCUT2D eigenvalue weighted by molar-refractivity contribution is -0.142. The van der Waals surface area contributed by atoms with Crippen molar-refractivity contribution in [2.24, 2.45) is 0 Å². The van der Waals surface area contributed by atoms with Gasteiger partial charge in [0.15, 0.2) is 12.6 Å². The third-order valence-electron chi connectivity index (χ3n) is 2.04. The Hall–Kier alpha value is -1.53. The van der Waals surface area contributed by atoms with Gasteiger partial charge in [-0.3, -0.25) is 4.79 Å². The molecule has 0 fully saturated rings. The molecule has 0 spiro atoms. The average molecular weight is 310 g/mol. The number of hydrogen-bond acceptors (Lipinski definition) is 3. The first kappa shape index (κ1) is 15.5. The second-order valence-corrected chi connectivity index (χ2v) is 4.32. The molecule has 1 aromatic carbocycles. The largest absolute Gasteiger partial charge is 0.482 e. The predicted molar refractivity (Wildman–Crippen MR) is 67.5 cm³/mol. The van der Waals surface area contributed by atoms with Crippen LogP contribution in [0.2, 0.25) is 10.0 Å². The number of carboxylic acid groups (broad SMARTS) is 1. The zero-order valence-electron chi connectivity index (χ0n) is 9.53. The van der Waals surface area contributed by atoms with E-state index in [1.807, 2.05) is 5.32 Å². The molecule has 0 saturated heterocycles. The molecule has 0 saturated carbocycles. The number of carbonyl (C=O) groups excluding carboxylic acids is 1. The van der Waals surface area contributed by atoms with Gasteiger partial charge < -0.3 is 15.2 Å². The molecule has 0 radical (unpaired) electrons. The maximum atomic E-state index is 12.3. The molecule has 1 unspecified atom stereocenters. The molecule has 0 aliphatic rings. The number of halogens is 3. The number of carboxylic acids is 1. The first-order valence-corrected chi connectivity index (χ1v) is 5.85. The number of alkyl halides is 1. The van der Waals surface area contributed by atoms with Gasteiger partial charge in [0.25, 0.3) is 5.91 Å². The minimum atomic E-state index is -1.59. The van der Waals surface area contributed by atoms with Gasteiger partial charge in [0.2, 0.25) is 0 Å². The van der Waals surface area contributed by atoms with Gasteiger partial charge in [-0.1, -0.05) is 23.2 Å². The molecule has 0 aromatic heterocycles. The van der Waals surface area contributed by atoms with Crippen LogP contribution < -0.4 is 10.1 Å². The summed E-state index contributed by atoms with van der Waals surface area (Å²) in [6.07, 6.45) is 0. The molecule has 1 amide bonds. The van der Waals surface area contributed by atoms with Crippen molar-refractivity contribution in [3.05, 3.63) is 28.2 Å². The normalized spacial score (nSPS) is 11.7. The average Bonchev–Trinajstić information content (AvgIpc) is 2.36. The molecule has 0 bridgehead atoms. The quantitative estimate of drug-likeness (QED) is 0.841. The molecule has 8 heteroatoms. The summed E-state index contributed by atoms with van der Waals surface area (Å²) in [5, 5.41) is 11.1. The summed E-state index contributed by atoms with van der Waals surface area (Å²) in [7, 11) is 0. The minimum Gasteiger partial charge on any atom is -0.482 e. The van der Waals surface area contributed by atoms with E-state index in [9.17, 15) is 14.0 Å². The third kappa shape index (κ3) is 4.92. The highest BCUT2D eigenvalue weighted by Crippen LogP contribution is 2.27. The van der Waals surface area contributed by atoms with Crippen LogP contribution in [-0.2, 0) is 9.59 Å². The Kier molecular flexibility index (Phi) is 5.85. The van der Waals surface area contributed by atoms with Crippen LogP contribution in [0.15, 0.2) is 18.2 Å². The Balaban J connectivity index is 2.54. The standard InChI is InChI=1S/C11H10Cl2FNO4/c12-6-1-2-7(13)9(3-6)19-5-10(16)15-8(4-14)11(17)18/h1-3,8H,4-5H2,(H,15,16)(H,17,18). The lowest BCUT2D eigenvalue weighted by Gasteiger charge is -2.12. The Morgan fingerprint density at radius 1 is 1.42 bits per heavy atom. The van der Waals surface area contributed by atoms with Crippen LogP contribution in [0, 0.1) is 0 Å². The molecular weight excluding hydrogens is 300 g/mol. The number of carbonyl (C=O) groups is 2. The number of nitrogens with one attached hydrogen (secondary N) is 1. The lowest BCUT2D eigenvalue weighted by atomic mass is 10.3. The fourth-order valence-corrected chi connectivity index (χ4v) is 1.47. The summed E-state index contributed by atoms with van der Waals surface area (Å²) in [5.41, 5.74) is 0. The summed E-state index contributed by atoms with van der Waals surface area (Å²) < 4.78 is 17.3. The predicted octanol–water partition coefficient (Wildman–Crippen LogP) is 1.91. The second-order valence-electron chi connectivity index (χ2n) is 3.48. The van der Waals surface area contributed by atoms with E-state index < -0.39 is 31.2 Å². The Morgan fingerprint density at radius 3 is 2.68 bits per heavy atom. The van der Waals surface area contributed by atoms with Gasteiger partial charge in [0, 0.05) is 11.1 Å². The third-order valence-corrected chi connectivity index (χ3v) is 2.59. The van der Waals surface area contributed by atoms with Crippen molar-refractivity contribution in [2.45, 2.75) is 6.04 Å². The van der Waals surface area contributed by atoms with E-state index in [2.05, 4.69) is 0 Å². The fourth-order valence-electron chi connectivity index (χ4n) is 1.13. The molecule has 2 N–H and O–H groups in total. The maximum Gasteiger partial charge on any atom is 0.328 e. The van der Waals surface area contributed by atoms with Crippen LogP contribution in [0.4, 0.5) is 4.39 Å². The summed E-state index contributed by atoms with van der Waals surface area (Å²) >= 11 is 11.5. The van der Waals surface area contributed by atoms with Gasteiger partial charge in [-0.05, 0) is 12.1 Å². The van der Waals surface area contributed by atoms with Crippen molar-refractivity contribution in [2.75, 3.05) is 13.3 Å². The van der Waals surface area contributed by atoms with E-state index in [1.54, 1.807) is 6.07 Å². The number of ether oxygens (including phenoxy) is 1. The number of aliphatic carboxylic acids is 1. The van der Waals surface area contributed by atoms with E-state index in [0.29, 0.717) is 5.02 Å². The molecule has 0 aliphatic carbocycles. The van der Waals surface area contributed by atoms with Crippen molar-refractivity contribution in [1.29, 1.82) is 0 Å². The topological polar surface area (TPSA) is 75.6 Å². The first-order valence-electron chi connectivity index (χ1n) is 5.10. The molecule has 104 valence electrons. The molecule has 1 aromatic rings. The molecule has 0 aliphatic heterocycles. The van der Waals surface area contributed by atoms with Gasteiger partial charge in [-0.15, -0.1) is 0 Å². The van der Waals surface area contributed by atoms with Gasteiger partial charge >= 0.3 is 5.97 Å². The van der Waals surface area contributed by atoms with Crippen LogP contribution in [0.3, 0.4) is 0 Å². The lowest BCUT2D eigenvalue weighted by Crippen LogP contribution is -2.44. The molecule has 19 heavy (non-hydrogen) atoms. The van der Waals surface area contributed by atoms with Crippen molar-refractivity contribution in [1.82, 2.24) is 5.32 Å². The number of benzene rings is 1. The SMILES string of the molecule is O=C(COc1cc(Cl)ccc1Cl)NC(CF)C(=O)O. The summed E-state index contributed by atoms with van der Waals surface area (Å²) in [5.74, 6) is -2.06. The fraction of sp³-hybridized carbons (Fsp3) is 0.273. The Labute approximate surface area is 118 Å². The zero-order valence-corrected chi connectivity index (χ0v) is 11.0. The van der Waals surface area contributed by atoms with Gasteiger partial charge in [0.05, 0.1) is 5.02 Å². The van der Waals surface area contributed by atoms with Crippen LogP contribution in [-0.4, -0.2) is 36.3 Å². The highest BCUT2D eigenvalue weighted by Gasteiger charge is 2.19. The van der Waals surface area contributed by atoms with Crippen molar-refractivity contribution in [3.8, 4) is 5.75 Å². The smallest absolute Gasteiger partial charge is 0.328 e. The van der Waals surface area contributed by atoms with Gasteiger partial charge in [0.1, 0.15) is 12.4 Å². The highest BCUT2D eigenvalue weighted by atomic mass is 35.5. The number of amides is 1. The number of hydrogen-bond donors (Lipinski definition) is 2. The van der Waals surface area contributed by atoms with Crippen LogP contribution in [0.1, 0.15) is 0 Å². The summed E-state index contributed by atoms with van der Waals surface area (Å²) in [6, 6.07) is 2.84. The van der Waals surface area contributed by atoms with Crippen molar-refractivity contribution in [3.63, 3.8) is 0 Å². The molecule has 0 heterocycles. The Bertz CT molecular complexity index is 484. The molecule has 1 atom stereocenters. The molecular formula is C11H10Cl2FNO4. The molecule has 1 rings (SSSR count). The first-order chi connectivity index (χ1) is 8.93.